The van der Waals surface area contributed by atoms with Gasteiger partial charge < -0.3 is 8.42 Å². The number of hydrogen-bond acceptors (Lipinski definition) is 3. The quantitative estimate of drug-likeness (QED) is 0.276. The second kappa shape index (κ2) is 5.95. The Balaban J connectivity index is 0. The minimum atomic E-state index is -1.82. The van der Waals surface area contributed by atoms with E-state index in [-0.39, 0.29) is 35.3 Å². The van der Waals surface area contributed by atoms with Gasteiger partial charge in [0.25, 0.3) is 0 Å². The van der Waals surface area contributed by atoms with Crippen LogP contribution in [0, 0.1) is 0 Å². The van der Waals surface area contributed by atoms with Gasteiger partial charge in [0.2, 0.25) is 0 Å². The molecule has 2 nitrogen and oxygen atoms in total. The maximum Gasteiger partial charge on any atom is 1.00 e. The summed E-state index contributed by atoms with van der Waals surface area (Å²) in [7, 11) is -1.82. The van der Waals surface area contributed by atoms with Crippen molar-refractivity contribution in [1.29, 1.82) is 0 Å². The number of hydrogen-bond donors (Lipinski definition) is 0. The number of rotatable bonds is 1. The van der Waals surface area contributed by atoms with Crippen molar-refractivity contribution in [3.05, 3.63) is 0 Å². The zero-order valence-corrected chi connectivity index (χ0v) is 6.75. The van der Waals surface area contributed by atoms with E-state index in [1.54, 1.807) is 6.92 Å². The fourth-order valence-corrected chi connectivity index (χ4v) is 0. The molecule has 0 rings (SSSR count). The summed E-state index contributed by atoms with van der Waals surface area (Å²) in [6.45, 7) is 1.59. The van der Waals surface area contributed by atoms with E-state index in [0.29, 0.717) is 0 Å². The summed E-state index contributed by atoms with van der Waals surface area (Å²) in [4.78, 5) is 0. The van der Waals surface area contributed by atoms with E-state index in [4.69, 9.17) is 0 Å². The molecule has 4 heteroatoms. The topological polar surface area (TPSA) is 34.1 Å². The summed E-state index contributed by atoms with van der Waals surface area (Å²) in [5, 5.41) is 0. The molecule has 0 aliphatic carbocycles. The summed E-state index contributed by atoms with van der Waals surface area (Å²) >= 11 is 0. The molecule has 0 saturated carbocycles. The molecule has 6 heavy (non-hydrogen) atoms. The molecule has 0 aliphatic rings. The molecular formula is C2H5NaO2S. The third kappa shape index (κ3) is 8.87. The molecular weight excluding hydrogens is 111 g/mol. The molecule has 0 bridgehead atoms. The van der Waals surface area contributed by atoms with Gasteiger partial charge in [0.15, 0.2) is 0 Å². The SMILES string of the molecule is CC[S-](=O)=O.[Na+]. The molecule has 0 spiro atoms. The third-order valence-electron chi connectivity index (χ3n) is 0.236. The Morgan fingerprint density at radius 2 is 1.67 bits per heavy atom. The second-order valence-electron chi connectivity index (χ2n) is 0.592. The first-order chi connectivity index (χ1) is 2.27. The Hall–Kier alpha value is 0.950. The zero-order chi connectivity index (χ0) is 4.28. The van der Waals surface area contributed by atoms with Gasteiger partial charge in [-0.1, -0.05) is 23.4 Å². The molecule has 0 saturated heterocycles. The Kier molecular flexibility index (Phi) is 9.96. The predicted octanol–water partition coefficient (Wildman–Crippen LogP) is -2.68. The summed E-state index contributed by atoms with van der Waals surface area (Å²) < 4.78 is 18.7. The molecule has 0 aromatic rings. The van der Waals surface area contributed by atoms with Crippen molar-refractivity contribution in [1.82, 2.24) is 0 Å². The van der Waals surface area contributed by atoms with Crippen LogP contribution in [-0.4, -0.2) is 5.75 Å². The summed E-state index contributed by atoms with van der Waals surface area (Å²) in [5.74, 6) is 0.222. The van der Waals surface area contributed by atoms with E-state index in [0.717, 1.165) is 0 Å². The van der Waals surface area contributed by atoms with Crippen LogP contribution in [-0.2, 0) is 19.1 Å². The first-order valence-corrected chi connectivity index (χ1v) is 2.57. The largest absolute Gasteiger partial charge is 1.00 e. The van der Waals surface area contributed by atoms with Crippen LogP contribution in [0.1, 0.15) is 6.92 Å². The van der Waals surface area contributed by atoms with Gasteiger partial charge in [-0.05, 0) is 0 Å². The van der Waals surface area contributed by atoms with E-state index in [1.165, 1.54) is 0 Å². The smallest absolute Gasteiger partial charge is 0.424 e. The Labute approximate surface area is 61.2 Å². The Morgan fingerprint density at radius 1 is 1.50 bits per heavy atom. The molecule has 0 N–H and O–H groups in total. The van der Waals surface area contributed by atoms with Crippen LogP contribution in [0.3, 0.4) is 0 Å². The monoisotopic (exact) mass is 116 g/mol. The van der Waals surface area contributed by atoms with Crippen LogP contribution in [0.15, 0.2) is 0 Å². The van der Waals surface area contributed by atoms with Crippen molar-refractivity contribution < 1.29 is 38.0 Å². The molecule has 0 fully saturated rings. The molecule has 0 aromatic carbocycles. The normalized spacial score (nSPS) is 7.67. The van der Waals surface area contributed by atoms with Gasteiger partial charge in [0.05, 0.1) is 0 Å². The van der Waals surface area contributed by atoms with Gasteiger partial charge >= 0.3 is 29.6 Å². The van der Waals surface area contributed by atoms with Crippen molar-refractivity contribution in [3.63, 3.8) is 0 Å². The summed E-state index contributed by atoms with van der Waals surface area (Å²) in [6, 6.07) is 0. The van der Waals surface area contributed by atoms with Crippen LogP contribution < -0.4 is 29.6 Å². The van der Waals surface area contributed by atoms with Gasteiger partial charge in [0.1, 0.15) is 0 Å². The maximum atomic E-state index is 9.37. The Morgan fingerprint density at radius 3 is 1.67 bits per heavy atom. The van der Waals surface area contributed by atoms with Crippen molar-refractivity contribution >= 4 is 10.7 Å². The molecule has 0 amide bonds. The molecule has 32 valence electrons. The van der Waals surface area contributed by atoms with Crippen LogP contribution in [0.5, 0.6) is 0 Å². The fraction of sp³-hybridized carbons (Fsp3) is 1.00. The third-order valence-corrected chi connectivity index (χ3v) is 0.707. The van der Waals surface area contributed by atoms with E-state index >= 15 is 0 Å². The molecule has 0 aliphatic heterocycles. The van der Waals surface area contributed by atoms with Crippen molar-refractivity contribution in [2.24, 2.45) is 0 Å². The molecule has 0 heterocycles. The van der Waals surface area contributed by atoms with Gasteiger partial charge in [-0.25, -0.2) is 0 Å². The second-order valence-corrected chi connectivity index (χ2v) is 1.78. The van der Waals surface area contributed by atoms with Crippen LogP contribution in [0.4, 0.5) is 0 Å². The fourth-order valence-electron chi connectivity index (χ4n) is 0. The van der Waals surface area contributed by atoms with Crippen LogP contribution in [0.25, 0.3) is 0 Å². The van der Waals surface area contributed by atoms with Crippen LogP contribution >= 0.6 is 0 Å². The van der Waals surface area contributed by atoms with Crippen molar-refractivity contribution in [2.75, 3.05) is 5.75 Å². The summed E-state index contributed by atoms with van der Waals surface area (Å²) in [5.41, 5.74) is 0. The standard InChI is InChI=1S/C2H5O2S.Na/c1-2-5(3)4;/h2H2,1H3;/q-1;+1. The average Bonchev–Trinajstić information content (AvgIpc) is 1.38. The molecule has 0 radical (unpaired) electrons. The molecule has 0 aromatic heterocycles. The first-order valence-electron chi connectivity index (χ1n) is 1.33. The minimum Gasteiger partial charge on any atom is -0.424 e. The van der Waals surface area contributed by atoms with Crippen LogP contribution in [0.2, 0.25) is 0 Å². The van der Waals surface area contributed by atoms with Gasteiger partial charge in [-0.2, -0.15) is 0 Å². The van der Waals surface area contributed by atoms with E-state index in [2.05, 4.69) is 0 Å². The van der Waals surface area contributed by atoms with Crippen molar-refractivity contribution in [2.45, 2.75) is 6.92 Å². The van der Waals surface area contributed by atoms with Crippen molar-refractivity contribution in [3.8, 4) is 0 Å². The minimum absolute atomic E-state index is 0. The van der Waals surface area contributed by atoms with E-state index < -0.39 is 10.7 Å². The molecule has 0 atom stereocenters. The van der Waals surface area contributed by atoms with Gasteiger partial charge in [-0.3, -0.25) is 0 Å². The first kappa shape index (κ1) is 10.0. The predicted molar refractivity (Wildman–Crippen MR) is 19.3 cm³/mol. The molecule has 0 unspecified atom stereocenters. The van der Waals surface area contributed by atoms with Gasteiger partial charge in [-0.15, -0.1) is 0 Å². The summed E-state index contributed by atoms with van der Waals surface area (Å²) in [6.07, 6.45) is 0. The van der Waals surface area contributed by atoms with E-state index in [1.807, 2.05) is 0 Å². The average molecular weight is 116 g/mol. The Bertz CT molecular complexity index is 69.6. The van der Waals surface area contributed by atoms with E-state index in [9.17, 15) is 8.42 Å². The maximum absolute atomic E-state index is 9.37. The van der Waals surface area contributed by atoms with Gasteiger partial charge in [0, 0.05) is 0 Å². The zero-order valence-electron chi connectivity index (χ0n) is 3.93.